The van der Waals surface area contributed by atoms with Crippen molar-refractivity contribution in [3.05, 3.63) is 17.5 Å². The highest BCUT2D eigenvalue weighted by molar-refractivity contribution is 6.14. The van der Waals surface area contributed by atoms with E-state index in [2.05, 4.69) is 41.5 Å². The molecule has 0 aromatic carbocycles. The average molecular weight is 413 g/mol. The van der Waals surface area contributed by atoms with Gasteiger partial charge in [0.25, 0.3) is 5.91 Å². The van der Waals surface area contributed by atoms with Crippen LogP contribution in [0.5, 0.6) is 0 Å². The molecule has 0 unspecified atom stereocenters. The molecule has 3 aliphatic rings. The van der Waals surface area contributed by atoms with E-state index in [0.717, 1.165) is 32.2 Å². The van der Waals surface area contributed by atoms with Gasteiger partial charge in [-0.05, 0) is 31.8 Å². The molecule has 0 bridgehead atoms. The summed E-state index contributed by atoms with van der Waals surface area (Å²) < 4.78 is 6.93. The Hall–Kier alpha value is -3.25. The summed E-state index contributed by atoms with van der Waals surface area (Å²) in [5.74, 6) is 0.535. The maximum atomic E-state index is 11.9. The lowest BCUT2D eigenvalue weighted by molar-refractivity contribution is -0.115. The molecule has 30 heavy (non-hydrogen) atoms. The fraction of sp³-hybridized carbons (Fsp3) is 0.500. The molecule has 2 aromatic heterocycles. The largest absolute Gasteiger partial charge is 0.383 e. The van der Waals surface area contributed by atoms with E-state index in [1.165, 1.54) is 0 Å². The van der Waals surface area contributed by atoms with Gasteiger partial charge in [-0.3, -0.25) is 15.5 Å². The molecule has 3 amide bonds. The Morgan fingerprint density at radius 3 is 2.87 bits per heavy atom. The van der Waals surface area contributed by atoms with Gasteiger partial charge < -0.3 is 15.4 Å². The zero-order valence-corrected chi connectivity index (χ0v) is 16.5. The van der Waals surface area contributed by atoms with Crippen LogP contribution >= 0.6 is 0 Å². The highest BCUT2D eigenvalue weighted by atomic mass is 16.5. The van der Waals surface area contributed by atoms with Crippen LogP contribution in [0.25, 0.3) is 11.7 Å². The first-order valence-corrected chi connectivity index (χ1v) is 9.99. The Balaban J connectivity index is 1.50. The van der Waals surface area contributed by atoms with Crippen molar-refractivity contribution in [1.29, 1.82) is 0 Å². The average Bonchev–Trinajstić information content (AvgIpc) is 3.12. The number of anilines is 2. The standard InChI is InChI=1S/C18H23N9O3/c1-30-9-12-3-2-6-26(12)25-16-22-14-10(7-13-15(28)23-18(29)21-13)8-19-27(14)17(24-16)20-11-4-5-11/h7-8,11-12H,2-6,9H2,1H3,(H2,20,22,24,25)(H2,21,23,28,29)/b13-7-/t12-/m1/s1. The van der Waals surface area contributed by atoms with Crippen LogP contribution in [0, 0.1) is 0 Å². The van der Waals surface area contributed by atoms with Crippen LogP contribution in [0.2, 0.25) is 0 Å². The molecule has 5 rings (SSSR count). The number of rotatable bonds is 7. The molecule has 4 N–H and O–H groups in total. The number of imide groups is 1. The van der Waals surface area contributed by atoms with Crippen LogP contribution in [-0.2, 0) is 9.53 Å². The third-order valence-electron chi connectivity index (χ3n) is 5.31. The summed E-state index contributed by atoms with van der Waals surface area (Å²) in [4.78, 5) is 32.6. The Bertz CT molecular complexity index is 1030. The van der Waals surface area contributed by atoms with E-state index in [1.54, 1.807) is 23.9 Å². The number of hydrogen-bond acceptors (Lipinski definition) is 9. The van der Waals surface area contributed by atoms with E-state index in [1.807, 2.05) is 0 Å². The Labute approximate surface area is 172 Å². The second-order valence-electron chi connectivity index (χ2n) is 7.65. The lowest BCUT2D eigenvalue weighted by atomic mass is 10.2. The lowest BCUT2D eigenvalue weighted by Gasteiger charge is -2.24. The smallest absolute Gasteiger partial charge is 0.326 e. The minimum atomic E-state index is -0.547. The molecule has 2 saturated heterocycles. The first-order valence-electron chi connectivity index (χ1n) is 9.99. The number of nitrogens with one attached hydrogen (secondary N) is 4. The number of nitrogens with zero attached hydrogens (tertiary/aromatic N) is 5. The quantitative estimate of drug-likeness (QED) is 0.373. The minimum Gasteiger partial charge on any atom is -0.383 e. The van der Waals surface area contributed by atoms with Crippen molar-refractivity contribution in [3.63, 3.8) is 0 Å². The molecular weight excluding hydrogens is 390 g/mol. The summed E-state index contributed by atoms with van der Waals surface area (Å²) in [5.41, 5.74) is 4.59. The second-order valence-corrected chi connectivity index (χ2v) is 7.65. The molecule has 2 aromatic rings. The first kappa shape index (κ1) is 18.8. The number of hydrazine groups is 1. The topological polar surface area (TPSA) is 138 Å². The molecule has 4 heterocycles. The molecule has 12 nitrogen and oxygen atoms in total. The fourth-order valence-electron chi connectivity index (χ4n) is 3.66. The Morgan fingerprint density at radius 2 is 2.13 bits per heavy atom. The van der Waals surface area contributed by atoms with Gasteiger partial charge in [-0.2, -0.15) is 19.6 Å². The van der Waals surface area contributed by atoms with E-state index >= 15 is 0 Å². The third-order valence-corrected chi connectivity index (χ3v) is 5.31. The molecule has 12 heteroatoms. The van der Waals surface area contributed by atoms with Gasteiger partial charge in [-0.15, -0.1) is 0 Å². The monoisotopic (exact) mass is 413 g/mol. The van der Waals surface area contributed by atoms with E-state index in [0.29, 0.717) is 35.8 Å². The SMILES string of the molecule is COC[C@H]1CCCN1Nc1nc(NC2CC2)n2ncc(/C=C3\NC(=O)NC3=O)c2n1. The van der Waals surface area contributed by atoms with Crippen LogP contribution in [0.15, 0.2) is 11.9 Å². The van der Waals surface area contributed by atoms with Crippen molar-refractivity contribution >= 4 is 35.6 Å². The molecule has 1 aliphatic carbocycles. The number of ether oxygens (including phenoxy) is 1. The first-order chi connectivity index (χ1) is 14.6. The van der Waals surface area contributed by atoms with Gasteiger partial charge in [0.2, 0.25) is 11.9 Å². The van der Waals surface area contributed by atoms with Gasteiger partial charge in [-0.25, -0.2) is 9.80 Å². The summed E-state index contributed by atoms with van der Waals surface area (Å²) >= 11 is 0. The molecule has 1 saturated carbocycles. The van der Waals surface area contributed by atoms with Crippen molar-refractivity contribution < 1.29 is 14.3 Å². The summed E-state index contributed by atoms with van der Waals surface area (Å²) in [7, 11) is 1.70. The highest BCUT2D eigenvalue weighted by Gasteiger charge is 2.28. The Morgan fingerprint density at radius 1 is 1.27 bits per heavy atom. The van der Waals surface area contributed by atoms with Crippen molar-refractivity contribution in [1.82, 2.24) is 35.2 Å². The van der Waals surface area contributed by atoms with E-state index in [9.17, 15) is 9.59 Å². The molecule has 1 atom stereocenters. The fourth-order valence-corrected chi connectivity index (χ4v) is 3.66. The number of fused-ring (bicyclic) bond motifs is 1. The van der Waals surface area contributed by atoms with E-state index in [4.69, 9.17) is 4.74 Å². The summed E-state index contributed by atoms with van der Waals surface area (Å²) in [6.07, 6.45) is 7.43. The Kier molecular flexibility index (Phi) is 4.71. The van der Waals surface area contributed by atoms with Gasteiger partial charge in [0, 0.05) is 25.3 Å². The number of carbonyl (C=O) groups excluding carboxylic acids is 2. The molecule has 158 valence electrons. The third kappa shape index (κ3) is 3.66. The summed E-state index contributed by atoms with van der Waals surface area (Å²) in [6.45, 7) is 1.50. The number of amides is 3. The van der Waals surface area contributed by atoms with Crippen LogP contribution in [-0.4, -0.2) is 68.9 Å². The number of methoxy groups -OCH3 is 1. The van der Waals surface area contributed by atoms with Crippen molar-refractivity contribution in [2.45, 2.75) is 37.8 Å². The second kappa shape index (κ2) is 7.54. The molecule has 2 aliphatic heterocycles. The predicted molar refractivity (Wildman–Crippen MR) is 107 cm³/mol. The predicted octanol–water partition coefficient (Wildman–Crippen LogP) is 0.317. The van der Waals surface area contributed by atoms with Crippen molar-refractivity contribution in [2.24, 2.45) is 0 Å². The summed E-state index contributed by atoms with van der Waals surface area (Å²) in [6, 6.07) is 0.0717. The van der Waals surface area contributed by atoms with Crippen LogP contribution in [0.1, 0.15) is 31.2 Å². The number of urea groups is 1. The lowest BCUT2D eigenvalue weighted by Crippen LogP contribution is -2.38. The number of hydrogen-bond donors (Lipinski definition) is 4. The normalized spacial score (nSPS) is 23.2. The highest BCUT2D eigenvalue weighted by Crippen LogP contribution is 2.26. The van der Waals surface area contributed by atoms with E-state index < -0.39 is 11.9 Å². The molecule has 0 spiro atoms. The van der Waals surface area contributed by atoms with Gasteiger partial charge in [-0.1, -0.05) is 0 Å². The van der Waals surface area contributed by atoms with Gasteiger partial charge >= 0.3 is 6.03 Å². The van der Waals surface area contributed by atoms with Crippen LogP contribution < -0.4 is 21.4 Å². The van der Waals surface area contributed by atoms with Gasteiger partial charge in [0.1, 0.15) is 5.70 Å². The maximum absolute atomic E-state index is 11.9. The number of carbonyl (C=O) groups is 2. The van der Waals surface area contributed by atoms with Crippen LogP contribution in [0.3, 0.4) is 0 Å². The van der Waals surface area contributed by atoms with Gasteiger partial charge in [0.15, 0.2) is 5.65 Å². The molecular formula is C18H23N9O3. The zero-order valence-electron chi connectivity index (χ0n) is 16.5. The molecule has 0 radical (unpaired) electrons. The number of aromatic nitrogens is 4. The van der Waals surface area contributed by atoms with Crippen molar-refractivity contribution in [2.75, 3.05) is 31.0 Å². The maximum Gasteiger partial charge on any atom is 0.326 e. The zero-order chi connectivity index (χ0) is 20.7. The van der Waals surface area contributed by atoms with Crippen LogP contribution in [0.4, 0.5) is 16.7 Å². The minimum absolute atomic E-state index is 0.152. The summed E-state index contributed by atoms with van der Waals surface area (Å²) in [5, 5.41) is 14.5. The van der Waals surface area contributed by atoms with E-state index in [-0.39, 0.29) is 11.7 Å². The van der Waals surface area contributed by atoms with Crippen molar-refractivity contribution in [3.8, 4) is 0 Å². The van der Waals surface area contributed by atoms with Gasteiger partial charge in [0.05, 0.1) is 18.8 Å². The molecule has 3 fully saturated rings.